The van der Waals surface area contributed by atoms with Crippen LogP contribution in [-0.4, -0.2) is 5.11 Å². The van der Waals surface area contributed by atoms with Gasteiger partial charge in [0.15, 0.2) is 0 Å². The molecule has 0 saturated heterocycles. The molecule has 3 aromatic carbocycles. The minimum Gasteiger partial charge on any atom is -0.507 e. The van der Waals surface area contributed by atoms with Crippen LogP contribution in [-0.2, 0) is 0 Å². The van der Waals surface area contributed by atoms with E-state index in [1.54, 1.807) is 0 Å². The standard InChI is InChI=1S/C28H28O/c1-17-14-15-24(27-20(4)18(2)19(3)21(27)5)26(16-17)25-13-9-12-23(28(25)29)22-10-7-6-8-11-22/h6-16,27,29H,1-5H3. The second kappa shape index (κ2) is 7.40. The van der Waals surface area contributed by atoms with Crippen LogP contribution in [0.3, 0.4) is 0 Å². The number of benzene rings is 3. The molecule has 0 saturated carbocycles. The molecule has 1 nitrogen and oxygen atoms in total. The summed E-state index contributed by atoms with van der Waals surface area (Å²) in [5, 5.41) is 11.3. The number of hydrogen-bond donors (Lipinski definition) is 1. The Balaban J connectivity index is 1.94. The third-order valence-corrected chi connectivity index (χ3v) is 6.54. The topological polar surface area (TPSA) is 20.2 Å². The molecule has 0 radical (unpaired) electrons. The summed E-state index contributed by atoms with van der Waals surface area (Å²) in [6, 6.07) is 22.8. The van der Waals surface area contributed by atoms with E-state index in [4.69, 9.17) is 0 Å². The first-order chi connectivity index (χ1) is 13.9. The highest BCUT2D eigenvalue weighted by molar-refractivity contribution is 5.84. The van der Waals surface area contributed by atoms with E-state index >= 15 is 0 Å². The lowest BCUT2D eigenvalue weighted by Crippen LogP contribution is -2.03. The van der Waals surface area contributed by atoms with Crippen molar-refractivity contribution in [3.63, 3.8) is 0 Å². The smallest absolute Gasteiger partial charge is 0.131 e. The molecule has 0 atom stereocenters. The molecule has 3 aromatic rings. The van der Waals surface area contributed by atoms with Gasteiger partial charge in [0.25, 0.3) is 0 Å². The Hall–Kier alpha value is -3.06. The SMILES string of the molecule is CC1=C(C)C(c2ccc(C)cc2-c2cccc(-c3ccccc3)c2O)C(C)=C1C. The van der Waals surface area contributed by atoms with Gasteiger partial charge in [-0.2, -0.15) is 0 Å². The zero-order chi connectivity index (χ0) is 20.7. The summed E-state index contributed by atoms with van der Waals surface area (Å²) >= 11 is 0. The van der Waals surface area contributed by atoms with Crippen molar-refractivity contribution in [3.05, 3.63) is 100 Å². The van der Waals surface area contributed by atoms with Crippen molar-refractivity contribution in [2.75, 3.05) is 0 Å². The molecule has 0 amide bonds. The van der Waals surface area contributed by atoms with Crippen LogP contribution in [0.1, 0.15) is 44.7 Å². The van der Waals surface area contributed by atoms with E-state index in [1.807, 2.05) is 48.5 Å². The number of phenolic OH excluding ortho intramolecular Hbond substituents is 1. The number of aromatic hydroxyl groups is 1. The third kappa shape index (κ3) is 3.21. The second-order valence-electron chi connectivity index (χ2n) is 8.21. The van der Waals surface area contributed by atoms with Crippen molar-refractivity contribution in [2.45, 2.75) is 40.5 Å². The van der Waals surface area contributed by atoms with Crippen molar-refractivity contribution in [1.82, 2.24) is 0 Å². The largest absolute Gasteiger partial charge is 0.507 e. The predicted molar refractivity (Wildman–Crippen MR) is 123 cm³/mol. The molecule has 0 fully saturated rings. The van der Waals surface area contributed by atoms with Gasteiger partial charge < -0.3 is 5.11 Å². The van der Waals surface area contributed by atoms with Crippen LogP contribution in [0.25, 0.3) is 22.3 Å². The molecule has 1 aliphatic rings. The molecular weight excluding hydrogens is 352 g/mol. The first-order valence-electron chi connectivity index (χ1n) is 10.2. The third-order valence-electron chi connectivity index (χ3n) is 6.54. The van der Waals surface area contributed by atoms with Crippen LogP contribution in [0.2, 0.25) is 0 Å². The van der Waals surface area contributed by atoms with Gasteiger partial charge in [-0.1, -0.05) is 83.4 Å². The van der Waals surface area contributed by atoms with Crippen molar-refractivity contribution < 1.29 is 5.11 Å². The van der Waals surface area contributed by atoms with Gasteiger partial charge in [0, 0.05) is 17.0 Å². The average molecular weight is 381 g/mol. The molecular formula is C28H28O. The van der Waals surface area contributed by atoms with Crippen LogP contribution in [0.5, 0.6) is 5.75 Å². The van der Waals surface area contributed by atoms with Crippen molar-refractivity contribution >= 4 is 0 Å². The van der Waals surface area contributed by atoms with Gasteiger partial charge in [-0.05, 0) is 62.5 Å². The van der Waals surface area contributed by atoms with E-state index in [0.29, 0.717) is 5.75 Å². The fraction of sp³-hybridized carbons (Fsp3) is 0.214. The zero-order valence-corrected chi connectivity index (χ0v) is 17.9. The lowest BCUT2D eigenvalue weighted by molar-refractivity contribution is 0.479. The molecule has 0 spiro atoms. The molecule has 0 heterocycles. The van der Waals surface area contributed by atoms with E-state index in [2.05, 4.69) is 52.8 Å². The summed E-state index contributed by atoms with van der Waals surface area (Å²) < 4.78 is 0. The minimum absolute atomic E-state index is 0.269. The van der Waals surface area contributed by atoms with Gasteiger partial charge in [-0.25, -0.2) is 0 Å². The van der Waals surface area contributed by atoms with Crippen LogP contribution >= 0.6 is 0 Å². The number of phenols is 1. The monoisotopic (exact) mass is 380 g/mol. The van der Waals surface area contributed by atoms with Crippen molar-refractivity contribution in [3.8, 4) is 28.0 Å². The number of hydrogen-bond acceptors (Lipinski definition) is 1. The van der Waals surface area contributed by atoms with Gasteiger partial charge >= 0.3 is 0 Å². The maximum Gasteiger partial charge on any atom is 0.131 e. The maximum atomic E-state index is 11.3. The van der Waals surface area contributed by atoms with E-state index < -0.39 is 0 Å². The summed E-state index contributed by atoms with van der Waals surface area (Å²) in [5.74, 6) is 0.616. The molecule has 146 valence electrons. The number of para-hydroxylation sites is 1. The van der Waals surface area contributed by atoms with Gasteiger partial charge in [0.05, 0.1) is 0 Å². The second-order valence-corrected chi connectivity index (χ2v) is 8.21. The van der Waals surface area contributed by atoms with Crippen LogP contribution < -0.4 is 0 Å². The lowest BCUT2D eigenvalue weighted by Gasteiger charge is -2.22. The Labute approximate surface area is 174 Å². The van der Waals surface area contributed by atoms with Gasteiger partial charge in [-0.15, -0.1) is 0 Å². The highest BCUT2D eigenvalue weighted by Gasteiger charge is 2.28. The lowest BCUT2D eigenvalue weighted by atomic mass is 9.82. The fourth-order valence-corrected chi connectivity index (χ4v) is 4.58. The summed E-state index contributed by atoms with van der Waals surface area (Å²) in [4.78, 5) is 0. The number of allylic oxidation sites excluding steroid dienone is 4. The van der Waals surface area contributed by atoms with Crippen LogP contribution in [0.15, 0.2) is 89.0 Å². The zero-order valence-electron chi connectivity index (χ0n) is 17.9. The fourth-order valence-electron chi connectivity index (χ4n) is 4.58. The average Bonchev–Trinajstić information content (AvgIpc) is 2.92. The first kappa shape index (κ1) is 19.3. The summed E-state index contributed by atoms with van der Waals surface area (Å²) in [6.07, 6.45) is 0. The van der Waals surface area contributed by atoms with E-state index in [9.17, 15) is 5.11 Å². The normalized spacial score (nSPS) is 14.8. The highest BCUT2D eigenvalue weighted by atomic mass is 16.3. The van der Waals surface area contributed by atoms with Crippen molar-refractivity contribution in [1.29, 1.82) is 0 Å². The summed E-state index contributed by atoms with van der Waals surface area (Å²) in [5.41, 5.74) is 12.0. The highest BCUT2D eigenvalue weighted by Crippen LogP contribution is 2.48. The Morgan fingerprint density at radius 2 is 1.24 bits per heavy atom. The molecule has 0 unspecified atom stereocenters. The molecule has 0 bridgehead atoms. The Morgan fingerprint density at radius 1 is 0.621 bits per heavy atom. The molecule has 0 aromatic heterocycles. The molecule has 29 heavy (non-hydrogen) atoms. The quantitative estimate of drug-likeness (QED) is 0.491. The molecule has 1 heteroatoms. The van der Waals surface area contributed by atoms with E-state index in [1.165, 1.54) is 33.4 Å². The Kier molecular flexibility index (Phi) is 4.92. The number of aryl methyl sites for hydroxylation is 1. The Morgan fingerprint density at radius 3 is 1.90 bits per heavy atom. The maximum absolute atomic E-state index is 11.3. The number of rotatable bonds is 3. The molecule has 1 N–H and O–H groups in total. The Bertz CT molecular complexity index is 1120. The van der Waals surface area contributed by atoms with Crippen LogP contribution in [0.4, 0.5) is 0 Å². The summed E-state index contributed by atoms with van der Waals surface area (Å²) in [6.45, 7) is 11.0. The predicted octanol–water partition coefficient (Wildman–Crippen LogP) is 7.80. The van der Waals surface area contributed by atoms with E-state index in [0.717, 1.165) is 22.3 Å². The minimum atomic E-state index is 0.269. The van der Waals surface area contributed by atoms with Gasteiger partial charge in [0.2, 0.25) is 0 Å². The summed E-state index contributed by atoms with van der Waals surface area (Å²) in [7, 11) is 0. The van der Waals surface area contributed by atoms with Crippen LogP contribution in [0, 0.1) is 6.92 Å². The first-order valence-corrected chi connectivity index (χ1v) is 10.2. The molecule has 0 aliphatic heterocycles. The van der Waals surface area contributed by atoms with Gasteiger partial charge in [0.1, 0.15) is 5.75 Å². The van der Waals surface area contributed by atoms with Gasteiger partial charge in [-0.3, -0.25) is 0 Å². The van der Waals surface area contributed by atoms with Crippen molar-refractivity contribution in [2.24, 2.45) is 0 Å². The molecule has 1 aliphatic carbocycles. The molecule has 4 rings (SSSR count). The van der Waals surface area contributed by atoms with E-state index in [-0.39, 0.29) is 5.92 Å².